The molecular weight excluding hydrogens is 200 g/mol. The quantitative estimate of drug-likeness (QED) is 0.399. The minimum atomic E-state index is -0.325. The van der Waals surface area contributed by atoms with Crippen molar-refractivity contribution in [2.45, 2.75) is 13.3 Å². The van der Waals surface area contributed by atoms with E-state index in [4.69, 9.17) is 18.9 Å². The van der Waals surface area contributed by atoms with E-state index in [1.165, 1.54) is 0 Å². The van der Waals surface area contributed by atoms with Gasteiger partial charge < -0.3 is 18.9 Å². The van der Waals surface area contributed by atoms with Crippen LogP contribution in [0.15, 0.2) is 0 Å². The van der Waals surface area contributed by atoms with Crippen LogP contribution in [0.5, 0.6) is 0 Å². The van der Waals surface area contributed by atoms with E-state index >= 15 is 0 Å². The van der Waals surface area contributed by atoms with Gasteiger partial charge in [0.15, 0.2) is 0 Å². The third kappa shape index (κ3) is 11.3. The SMILES string of the molecule is CCCOC(=O)COCCOCCOC. The Kier molecular flexibility index (Phi) is 10.9. The lowest BCUT2D eigenvalue weighted by atomic mass is 10.5. The molecule has 0 heterocycles. The van der Waals surface area contributed by atoms with Crippen LogP contribution in [-0.4, -0.2) is 52.7 Å². The molecule has 0 aromatic heterocycles. The van der Waals surface area contributed by atoms with Crippen LogP contribution < -0.4 is 0 Å². The summed E-state index contributed by atoms with van der Waals surface area (Å²) in [4.78, 5) is 10.9. The lowest BCUT2D eigenvalue weighted by Crippen LogP contribution is -2.16. The summed E-state index contributed by atoms with van der Waals surface area (Å²) in [5.41, 5.74) is 0. The molecule has 90 valence electrons. The molecule has 0 atom stereocenters. The second-order valence-electron chi connectivity index (χ2n) is 2.88. The smallest absolute Gasteiger partial charge is 0.332 e. The van der Waals surface area contributed by atoms with E-state index in [2.05, 4.69) is 0 Å². The van der Waals surface area contributed by atoms with Crippen molar-refractivity contribution in [1.29, 1.82) is 0 Å². The van der Waals surface area contributed by atoms with Crippen LogP contribution in [0, 0.1) is 0 Å². The van der Waals surface area contributed by atoms with E-state index in [-0.39, 0.29) is 12.6 Å². The number of ether oxygens (including phenoxy) is 4. The van der Waals surface area contributed by atoms with Gasteiger partial charge in [0.05, 0.1) is 33.0 Å². The van der Waals surface area contributed by atoms with Crippen molar-refractivity contribution < 1.29 is 23.7 Å². The summed E-state index contributed by atoms with van der Waals surface area (Å²) in [5, 5.41) is 0. The topological polar surface area (TPSA) is 54.0 Å². The molecule has 0 N–H and O–H groups in total. The van der Waals surface area contributed by atoms with Crippen molar-refractivity contribution in [3.05, 3.63) is 0 Å². The molecule has 0 aromatic carbocycles. The van der Waals surface area contributed by atoms with Crippen molar-refractivity contribution in [1.82, 2.24) is 0 Å². The van der Waals surface area contributed by atoms with Crippen molar-refractivity contribution >= 4 is 5.97 Å². The lowest BCUT2D eigenvalue weighted by Gasteiger charge is -2.05. The first-order chi connectivity index (χ1) is 7.31. The third-order valence-corrected chi connectivity index (χ3v) is 1.49. The minimum Gasteiger partial charge on any atom is -0.464 e. The fraction of sp³-hybridized carbons (Fsp3) is 0.900. The molecule has 0 spiro atoms. The number of carbonyl (C=O) groups excluding carboxylic acids is 1. The lowest BCUT2D eigenvalue weighted by molar-refractivity contribution is -0.149. The molecule has 0 unspecified atom stereocenters. The molecule has 0 aliphatic carbocycles. The van der Waals surface area contributed by atoms with E-state index in [0.29, 0.717) is 33.0 Å². The van der Waals surface area contributed by atoms with Gasteiger partial charge in [-0.1, -0.05) is 6.92 Å². The van der Waals surface area contributed by atoms with Crippen molar-refractivity contribution in [3.8, 4) is 0 Å². The van der Waals surface area contributed by atoms with Crippen LogP contribution >= 0.6 is 0 Å². The van der Waals surface area contributed by atoms with Gasteiger partial charge in [-0.25, -0.2) is 4.79 Å². The Labute approximate surface area is 90.6 Å². The van der Waals surface area contributed by atoms with Crippen LogP contribution in [0.25, 0.3) is 0 Å². The first-order valence-corrected chi connectivity index (χ1v) is 5.11. The standard InChI is InChI=1S/C10H20O5/c1-3-4-15-10(11)9-14-8-7-13-6-5-12-2/h3-9H2,1-2H3. The largest absolute Gasteiger partial charge is 0.464 e. The van der Waals surface area contributed by atoms with E-state index in [0.717, 1.165) is 6.42 Å². The molecule has 0 radical (unpaired) electrons. The molecule has 0 aromatic rings. The van der Waals surface area contributed by atoms with Gasteiger partial charge in [-0.05, 0) is 6.42 Å². The molecule has 5 nitrogen and oxygen atoms in total. The fourth-order valence-electron chi connectivity index (χ4n) is 0.775. The molecule has 0 saturated carbocycles. The summed E-state index contributed by atoms with van der Waals surface area (Å²) in [5.74, 6) is -0.325. The number of esters is 1. The van der Waals surface area contributed by atoms with E-state index in [1.54, 1.807) is 7.11 Å². The Bertz CT molecular complexity index is 149. The maximum Gasteiger partial charge on any atom is 0.332 e. The second kappa shape index (κ2) is 11.4. The highest BCUT2D eigenvalue weighted by Gasteiger charge is 2.01. The van der Waals surface area contributed by atoms with E-state index in [9.17, 15) is 4.79 Å². The molecule has 0 amide bonds. The molecular formula is C10H20O5. The zero-order chi connectivity index (χ0) is 11.4. The Morgan fingerprint density at radius 2 is 1.67 bits per heavy atom. The summed E-state index contributed by atoms with van der Waals surface area (Å²) in [6.07, 6.45) is 0.825. The highest BCUT2D eigenvalue weighted by Crippen LogP contribution is 1.85. The van der Waals surface area contributed by atoms with Gasteiger partial charge in [0.1, 0.15) is 6.61 Å². The highest BCUT2D eigenvalue weighted by atomic mass is 16.6. The molecule has 0 bridgehead atoms. The Morgan fingerprint density at radius 3 is 2.33 bits per heavy atom. The number of methoxy groups -OCH3 is 1. The number of hydrogen-bond donors (Lipinski definition) is 0. The summed E-state index contributed by atoms with van der Waals surface area (Å²) < 4.78 is 19.8. The van der Waals surface area contributed by atoms with Gasteiger partial charge in [-0.2, -0.15) is 0 Å². The Balaban J connectivity index is 3.06. The first kappa shape index (κ1) is 14.3. The molecule has 5 heteroatoms. The number of rotatable bonds is 10. The van der Waals surface area contributed by atoms with Crippen LogP contribution in [0.1, 0.15) is 13.3 Å². The van der Waals surface area contributed by atoms with Crippen LogP contribution in [-0.2, 0) is 23.7 Å². The van der Waals surface area contributed by atoms with Crippen LogP contribution in [0.2, 0.25) is 0 Å². The van der Waals surface area contributed by atoms with Gasteiger partial charge in [0, 0.05) is 7.11 Å². The number of carbonyl (C=O) groups is 1. The number of hydrogen-bond acceptors (Lipinski definition) is 5. The highest BCUT2D eigenvalue weighted by molar-refractivity contribution is 5.70. The monoisotopic (exact) mass is 220 g/mol. The van der Waals surface area contributed by atoms with Crippen LogP contribution in [0.3, 0.4) is 0 Å². The zero-order valence-corrected chi connectivity index (χ0v) is 9.49. The Morgan fingerprint density at radius 1 is 1.00 bits per heavy atom. The van der Waals surface area contributed by atoms with E-state index in [1.807, 2.05) is 6.92 Å². The average Bonchev–Trinajstić information content (AvgIpc) is 2.25. The average molecular weight is 220 g/mol. The van der Waals surface area contributed by atoms with Gasteiger partial charge >= 0.3 is 5.97 Å². The fourth-order valence-corrected chi connectivity index (χ4v) is 0.775. The second-order valence-corrected chi connectivity index (χ2v) is 2.88. The molecule has 0 rings (SSSR count). The molecule has 0 saturated heterocycles. The maximum absolute atomic E-state index is 10.9. The van der Waals surface area contributed by atoms with Crippen molar-refractivity contribution in [2.75, 3.05) is 46.8 Å². The van der Waals surface area contributed by atoms with Gasteiger partial charge in [0.25, 0.3) is 0 Å². The summed E-state index contributed by atoms with van der Waals surface area (Å²) >= 11 is 0. The predicted octanol–water partition coefficient (Wildman–Crippen LogP) is 0.619. The summed E-state index contributed by atoms with van der Waals surface area (Å²) in [6.45, 7) is 4.35. The summed E-state index contributed by atoms with van der Waals surface area (Å²) in [7, 11) is 1.61. The van der Waals surface area contributed by atoms with Crippen molar-refractivity contribution in [2.24, 2.45) is 0 Å². The van der Waals surface area contributed by atoms with Gasteiger partial charge in [0.2, 0.25) is 0 Å². The Hall–Kier alpha value is -0.650. The molecule has 0 aliphatic rings. The predicted molar refractivity (Wildman–Crippen MR) is 54.8 cm³/mol. The first-order valence-electron chi connectivity index (χ1n) is 5.11. The zero-order valence-electron chi connectivity index (χ0n) is 9.49. The summed E-state index contributed by atoms with van der Waals surface area (Å²) in [6, 6.07) is 0. The molecule has 15 heavy (non-hydrogen) atoms. The third-order valence-electron chi connectivity index (χ3n) is 1.49. The van der Waals surface area contributed by atoms with Crippen LogP contribution in [0.4, 0.5) is 0 Å². The normalized spacial score (nSPS) is 10.3. The van der Waals surface area contributed by atoms with Gasteiger partial charge in [-0.3, -0.25) is 0 Å². The molecule has 0 fully saturated rings. The van der Waals surface area contributed by atoms with E-state index < -0.39 is 0 Å². The maximum atomic E-state index is 10.9. The van der Waals surface area contributed by atoms with Gasteiger partial charge in [-0.15, -0.1) is 0 Å². The minimum absolute atomic E-state index is 0.00631. The molecule has 0 aliphatic heterocycles. The van der Waals surface area contributed by atoms with Crippen molar-refractivity contribution in [3.63, 3.8) is 0 Å².